The Morgan fingerprint density at radius 2 is 2.24 bits per heavy atom. The molecule has 2 aliphatic heterocycles. The van der Waals surface area contributed by atoms with Crippen LogP contribution in [-0.4, -0.2) is 63.2 Å². The molecule has 2 aliphatic rings. The van der Waals surface area contributed by atoms with E-state index >= 15 is 0 Å². The van der Waals surface area contributed by atoms with E-state index in [9.17, 15) is 25.0 Å². The van der Waals surface area contributed by atoms with Gasteiger partial charge in [-0.2, -0.15) is 5.26 Å². The first-order valence-corrected chi connectivity index (χ1v) is 6.20. The van der Waals surface area contributed by atoms with Crippen LogP contribution in [0.5, 0.6) is 0 Å². The van der Waals surface area contributed by atoms with Crippen LogP contribution in [0.15, 0.2) is 24.7 Å². The van der Waals surface area contributed by atoms with Gasteiger partial charge in [0.25, 0.3) is 5.72 Å². The minimum Gasteiger partial charge on any atom is -0.393 e. The van der Waals surface area contributed by atoms with Gasteiger partial charge >= 0.3 is 0 Å². The molecule has 8 nitrogen and oxygen atoms in total. The van der Waals surface area contributed by atoms with Gasteiger partial charge in [0.05, 0.1) is 12.8 Å². The minimum absolute atomic E-state index is 0.130. The third kappa shape index (κ3) is 2.08. The second-order valence-corrected chi connectivity index (χ2v) is 4.98. The number of nitrogens with one attached hydrogen (secondary N) is 1. The Hall–Kier alpha value is -1.70. The Balaban J connectivity index is 2.46. The quantitative estimate of drug-likeness (QED) is 0.397. The molecule has 9 heteroatoms. The number of alkyl halides is 1. The van der Waals surface area contributed by atoms with Crippen LogP contribution in [-0.2, 0) is 4.74 Å². The zero-order chi connectivity index (χ0) is 15.8. The summed E-state index contributed by atoms with van der Waals surface area (Å²) in [4.78, 5) is 1.11. The summed E-state index contributed by atoms with van der Waals surface area (Å²) in [5, 5.41) is 41.6. The van der Waals surface area contributed by atoms with E-state index in [4.69, 9.17) is 10.5 Å². The summed E-state index contributed by atoms with van der Waals surface area (Å²) in [6.07, 6.45) is -1.32. The van der Waals surface area contributed by atoms with Gasteiger partial charge in [-0.25, -0.2) is 4.39 Å². The zero-order valence-electron chi connectivity index (χ0n) is 11.1. The van der Waals surface area contributed by atoms with Crippen molar-refractivity contribution in [2.24, 2.45) is 5.73 Å². The topological polar surface area (TPSA) is 135 Å². The summed E-state index contributed by atoms with van der Waals surface area (Å²) in [5.41, 5.74) is 1.41. The van der Waals surface area contributed by atoms with E-state index < -0.39 is 43.0 Å². The van der Waals surface area contributed by atoms with E-state index in [0.717, 1.165) is 4.90 Å². The maximum absolute atomic E-state index is 13.2. The summed E-state index contributed by atoms with van der Waals surface area (Å²) in [7, 11) is 0. The Labute approximate surface area is 120 Å². The molecule has 6 N–H and O–H groups in total. The molecule has 1 fully saturated rings. The third-order valence-corrected chi connectivity index (χ3v) is 3.68. The van der Waals surface area contributed by atoms with Gasteiger partial charge in [-0.1, -0.05) is 6.58 Å². The molecule has 0 amide bonds. The van der Waals surface area contributed by atoms with Crippen LogP contribution in [0.25, 0.3) is 0 Å². The van der Waals surface area contributed by atoms with Crippen LogP contribution >= 0.6 is 0 Å². The summed E-state index contributed by atoms with van der Waals surface area (Å²) >= 11 is 0. The van der Waals surface area contributed by atoms with Gasteiger partial charge in [-0.15, -0.1) is 0 Å². The number of ether oxygens (including phenoxy) is 1. The highest BCUT2D eigenvalue weighted by atomic mass is 19.1. The second-order valence-electron chi connectivity index (χ2n) is 4.98. The summed E-state index contributed by atoms with van der Waals surface area (Å²) in [6, 6.07) is 1.72. The average Bonchev–Trinajstić information content (AvgIpc) is 2.70. The highest BCUT2D eigenvalue weighted by Crippen LogP contribution is 2.42. The van der Waals surface area contributed by atoms with Crippen LogP contribution in [0.2, 0.25) is 0 Å². The van der Waals surface area contributed by atoms with Crippen LogP contribution in [0.4, 0.5) is 4.39 Å². The second kappa shape index (κ2) is 5.25. The van der Waals surface area contributed by atoms with Gasteiger partial charge in [-0.05, 0) is 6.08 Å². The first-order valence-electron chi connectivity index (χ1n) is 6.20. The van der Waals surface area contributed by atoms with E-state index in [0.29, 0.717) is 0 Å². The largest absolute Gasteiger partial charge is 0.393 e. The fraction of sp³-hybridized carbons (Fsp3) is 0.583. The Bertz CT molecular complexity index is 504. The fourth-order valence-electron chi connectivity index (χ4n) is 2.43. The first kappa shape index (κ1) is 15.7. The molecule has 0 aliphatic carbocycles. The van der Waals surface area contributed by atoms with Crippen LogP contribution in [0.3, 0.4) is 0 Å². The molecule has 2 heterocycles. The molecular weight excluding hydrogens is 283 g/mol. The molecule has 1 unspecified atom stereocenters. The molecule has 0 bridgehead atoms. The van der Waals surface area contributed by atoms with Gasteiger partial charge in [0.15, 0.2) is 5.60 Å². The molecule has 116 valence electrons. The number of hydrogen-bond acceptors (Lipinski definition) is 8. The normalized spacial score (nSPS) is 42.8. The highest BCUT2D eigenvalue weighted by molar-refractivity contribution is 5.25. The van der Waals surface area contributed by atoms with Crippen molar-refractivity contribution in [3.05, 3.63) is 24.7 Å². The zero-order valence-corrected chi connectivity index (χ0v) is 11.1. The lowest BCUT2D eigenvalue weighted by Gasteiger charge is -2.40. The molecule has 0 aromatic heterocycles. The molecule has 0 aromatic carbocycles. The fourth-order valence-corrected chi connectivity index (χ4v) is 2.43. The Morgan fingerprint density at radius 1 is 1.57 bits per heavy atom. The standard InChI is InChI=1S/C12H17FN4O4/c1-7-16-8(15)2-3-17(7)12(5-14)10(20)9(19)11(4-13,6-18)21-12/h2-3,8-10,16,18-20H,1,4,6,15H2/t8?,9-,10+,11+,12+/m0/s1. The lowest BCUT2D eigenvalue weighted by atomic mass is 9.94. The first-order chi connectivity index (χ1) is 9.86. The Morgan fingerprint density at radius 3 is 2.67 bits per heavy atom. The van der Waals surface area contributed by atoms with Gasteiger partial charge in [0, 0.05) is 6.20 Å². The van der Waals surface area contributed by atoms with Crippen LogP contribution in [0.1, 0.15) is 0 Å². The average molecular weight is 300 g/mol. The van der Waals surface area contributed by atoms with Crippen molar-refractivity contribution in [1.29, 1.82) is 5.26 Å². The minimum atomic E-state index is -2.13. The number of aliphatic hydroxyl groups excluding tert-OH is 3. The van der Waals surface area contributed by atoms with E-state index in [-0.39, 0.29) is 5.82 Å². The maximum atomic E-state index is 13.2. The smallest absolute Gasteiger partial charge is 0.265 e. The lowest BCUT2D eigenvalue weighted by molar-refractivity contribution is -0.176. The number of halogens is 1. The van der Waals surface area contributed by atoms with Crippen molar-refractivity contribution in [3.63, 3.8) is 0 Å². The SMILES string of the molecule is C=C1NC(N)C=CN1[C@]1(C#N)O[C@@](CO)(CF)[C@@H](O)[C@H]1O. The van der Waals surface area contributed by atoms with Crippen molar-refractivity contribution < 1.29 is 24.4 Å². The molecule has 2 rings (SSSR count). The summed E-state index contributed by atoms with van der Waals surface area (Å²) in [6.45, 7) is 1.47. The molecule has 5 atom stereocenters. The van der Waals surface area contributed by atoms with Crippen LogP contribution in [0, 0.1) is 11.3 Å². The maximum Gasteiger partial charge on any atom is 0.265 e. The van der Waals surface area contributed by atoms with Crippen LogP contribution < -0.4 is 11.1 Å². The molecule has 0 spiro atoms. The number of nitrogens with zero attached hydrogens (tertiary/aromatic N) is 2. The number of aliphatic hydroxyl groups is 3. The monoisotopic (exact) mass is 300 g/mol. The molecule has 0 saturated carbocycles. The predicted octanol–water partition coefficient (Wildman–Crippen LogP) is -2.17. The summed E-state index contributed by atoms with van der Waals surface area (Å²) in [5.74, 6) is 0.130. The van der Waals surface area contributed by atoms with E-state index in [1.54, 1.807) is 6.07 Å². The molecular formula is C12H17FN4O4. The summed E-state index contributed by atoms with van der Waals surface area (Å²) < 4.78 is 18.5. The molecule has 21 heavy (non-hydrogen) atoms. The predicted molar refractivity (Wildman–Crippen MR) is 68.5 cm³/mol. The Kier molecular flexibility index (Phi) is 3.92. The number of nitrogens with two attached hydrogens (primary N) is 1. The molecule has 0 radical (unpaired) electrons. The highest BCUT2D eigenvalue weighted by Gasteiger charge is 2.65. The van der Waals surface area contributed by atoms with Gasteiger partial charge in [-0.3, -0.25) is 4.90 Å². The molecule has 1 saturated heterocycles. The van der Waals surface area contributed by atoms with E-state index in [1.807, 2.05) is 0 Å². The third-order valence-electron chi connectivity index (χ3n) is 3.68. The number of rotatable bonds is 3. The van der Waals surface area contributed by atoms with Gasteiger partial charge in [0.2, 0.25) is 0 Å². The van der Waals surface area contributed by atoms with E-state index in [1.165, 1.54) is 12.3 Å². The lowest BCUT2D eigenvalue weighted by Crippen LogP contribution is -2.58. The van der Waals surface area contributed by atoms with Crippen molar-refractivity contribution in [2.75, 3.05) is 13.3 Å². The molecule has 0 aromatic rings. The van der Waals surface area contributed by atoms with Crippen molar-refractivity contribution >= 4 is 0 Å². The number of hydrogen-bond donors (Lipinski definition) is 5. The van der Waals surface area contributed by atoms with E-state index in [2.05, 4.69) is 11.9 Å². The van der Waals surface area contributed by atoms with Crippen molar-refractivity contribution in [2.45, 2.75) is 29.7 Å². The van der Waals surface area contributed by atoms with Crippen molar-refractivity contribution in [1.82, 2.24) is 10.2 Å². The number of nitriles is 1. The van der Waals surface area contributed by atoms with Gasteiger partial charge < -0.3 is 31.1 Å². The van der Waals surface area contributed by atoms with Gasteiger partial charge in [0.1, 0.15) is 30.8 Å². The van der Waals surface area contributed by atoms with Crippen molar-refractivity contribution in [3.8, 4) is 6.07 Å².